The molecule has 2 saturated heterocycles. The van der Waals surface area contributed by atoms with Crippen LogP contribution in [0.2, 0.25) is 5.02 Å². The van der Waals surface area contributed by atoms with Crippen molar-refractivity contribution in [3.05, 3.63) is 155 Å². The average Bonchev–Trinajstić information content (AvgIpc) is 3.62. The summed E-state index contributed by atoms with van der Waals surface area (Å²) in [6.45, 7) is 0. The van der Waals surface area contributed by atoms with Gasteiger partial charge in [0.2, 0.25) is 11.8 Å². The molecule has 9 rings (SSSR count). The van der Waals surface area contributed by atoms with Gasteiger partial charge in [0, 0.05) is 36.3 Å². The van der Waals surface area contributed by atoms with E-state index in [-0.39, 0.29) is 24.5 Å². The molecule has 2 aliphatic carbocycles. The van der Waals surface area contributed by atoms with E-state index in [4.69, 9.17) is 11.6 Å². The van der Waals surface area contributed by atoms with E-state index in [0.29, 0.717) is 44.5 Å². The van der Waals surface area contributed by atoms with Gasteiger partial charge in [0.25, 0.3) is 11.8 Å². The fraction of sp³-hybridized carbons (Fsp3) is 0.217. The number of nitrogens with zero attached hydrogens (tertiary/aromatic N) is 5. The van der Waals surface area contributed by atoms with Crippen molar-refractivity contribution in [2.45, 2.75) is 24.2 Å². The minimum Gasteiger partial charge on any atom is -0.508 e. The summed E-state index contributed by atoms with van der Waals surface area (Å²) in [4.78, 5) is 62.2. The molecule has 296 valence electrons. The first-order valence-corrected chi connectivity index (χ1v) is 19.7. The maximum Gasteiger partial charge on any atom is 0.260 e. The number of fused-ring (bicyclic) bond motifs is 4. The van der Waals surface area contributed by atoms with Crippen LogP contribution in [0.5, 0.6) is 5.75 Å². The second-order valence-corrected chi connectivity index (χ2v) is 16.0. The Bertz CT molecular complexity index is 2560. The SMILES string of the molecule is CN(C)c1ccc(N=Nc2ccc(N3C(=O)C4CC=C5C(CC6C(=O)N(Nc7ccc(F)cc7)C(=O)C6(c6ccc(Cl)cc6)C5c5ccccc5O)C4C3=O)cc2)cc1. The van der Waals surface area contributed by atoms with Gasteiger partial charge in [-0.1, -0.05) is 53.6 Å². The number of hydrogen-bond acceptors (Lipinski definition) is 9. The lowest BCUT2D eigenvalue weighted by Gasteiger charge is -2.50. The third-order valence-corrected chi connectivity index (χ3v) is 12.5. The summed E-state index contributed by atoms with van der Waals surface area (Å²) in [5.41, 5.74) is 5.86. The molecule has 59 heavy (non-hydrogen) atoms. The molecular formula is C46H38ClFN6O5. The minimum atomic E-state index is -1.60. The van der Waals surface area contributed by atoms with Gasteiger partial charge >= 0.3 is 0 Å². The number of anilines is 3. The molecule has 3 fully saturated rings. The highest BCUT2D eigenvalue weighted by molar-refractivity contribution is 6.30. The minimum absolute atomic E-state index is 0.0631. The van der Waals surface area contributed by atoms with E-state index in [9.17, 15) is 23.9 Å². The van der Waals surface area contributed by atoms with Crippen molar-refractivity contribution in [1.82, 2.24) is 5.01 Å². The standard InChI is InChI=1S/C46H38ClFN6O5/c1-52(2)32-19-15-29(16-20-32)49-50-30-17-21-33(22-18-30)53-42(56)36-24-23-34-37(40(36)44(53)58)25-38-43(57)54(51-31-13-11-28(48)12-14-31)45(59)46(38,26-7-9-27(47)10-8-26)41(34)35-5-3-4-6-39(35)55/h3-23,36-38,40-41,51,55H,24-25H2,1-2H3. The number of phenolic OH excluding ortho intramolecular Hbond substituents is 1. The largest absolute Gasteiger partial charge is 0.508 e. The third kappa shape index (κ3) is 6.17. The number of allylic oxidation sites excluding steroid dienone is 2. The number of benzene rings is 5. The van der Waals surface area contributed by atoms with Crippen LogP contribution in [0.4, 0.5) is 32.8 Å². The van der Waals surface area contributed by atoms with Gasteiger partial charge in [-0.25, -0.2) is 4.39 Å². The molecule has 4 amide bonds. The van der Waals surface area contributed by atoms with E-state index in [1.807, 2.05) is 49.3 Å². The second kappa shape index (κ2) is 14.6. The number of rotatable bonds is 8. The van der Waals surface area contributed by atoms with Crippen LogP contribution < -0.4 is 15.2 Å². The molecule has 4 aliphatic rings. The number of azo groups is 1. The number of hydrazine groups is 1. The first-order chi connectivity index (χ1) is 28.5. The molecule has 2 N–H and O–H groups in total. The molecule has 0 spiro atoms. The van der Waals surface area contributed by atoms with Gasteiger partial charge in [0.15, 0.2) is 0 Å². The fourth-order valence-electron chi connectivity index (χ4n) is 9.59. The predicted molar refractivity (Wildman–Crippen MR) is 221 cm³/mol. The van der Waals surface area contributed by atoms with E-state index in [1.54, 1.807) is 66.7 Å². The smallest absolute Gasteiger partial charge is 0.260 e. The van der Waals surface area contributed by atoms with E-state index < -0.39 is 58.5 Å². The van der Waals surface area contributed by atoms with Crippen molar-refractivity contribution in [2.24, 2.45) is 33.9 Å². The van der Waals surface area contributed by atoms with Crippen molar-refractivity contribution >= 4 is 63.7 Å². The molecule has 5 aromatic carbocycles. The third-order valence-electron chi connectivity index (χ3n) is 12.3. The number of carbonyl (C=O) groups excluding carboxylic acids is 4. The van der Waals surface area contributed by atoms with Gasteiger partial charge in [-0.05, 0) is 115 Å². The number of nitrogens with one attached hydrogen (secondary N) is 1. The zero-order valence-electron chi connectivity index (χ0n) is 32.0. The van der Waals surface area contributed by atoms with E-state index in [2.05, 4.69) is 15.7 Å². The Kier molecular flexibility index (Phi) is 9.39. The van der Waals surface area contributed by atoms with Gasteiger partial charge < -0.3 is 10.0 Å². The number of hydrogen-bond donors (Lipinski definition) is 2. The van der Waals surface area contributed by atoms with Crippen molar-refractivity contribution in [3.63, 3.8) is 0 Å². The molecule has 0 aromatic heterocycles. The summed E-state index contributed by atoms with van der Waals surface area (Å²) in [5.74, 6) is -6.63. The first kappa shape index (κ1) is 37.9. The monoisotopic (exact) mass is 808 g/mol. The molecule has 6 unspecified atom stereocenters. The van der Waals surface area contributed by atoms with Gasteiger partial charge in [0.05, 0.1) is 45.9 Å². The lowest BCUT2D eigenvalue weighted by atomic mass is 9.49. The fourth-order valence-corrected chi connectivity index (χ4v) is 9.71. The van der Waals surface area contributed by atoms with E-state index in [1.165, 1.54) is 35.2 Å². The van der Waals surface area contributed by atoms with E-state index in [0.717, 1.165) is 10.7 Å². The normalized spacial score (nSPS) is 24.9. The summed E-state index contributed by atoms with van der Waals surface area (Å²) < 4.78 is 13.9. The summed E-state index contributed by atoms with van der Waals surface area (Å²) in [6, 6.07) is 33.1. The average molecular weight is 809 g/mol. The molecule has 5 aromatic rings. The van der Waals surface area contributed by atoms with E-state index >= 15 is 4.79 Å². The van der Waals surface area contributed by atoms with Crippen LogP contribution >= 0.6 is 11.6 Å². The maximum atomic E-state index is 15.3. The van der Waals surface area contributed by atoms with Crippen molar-refractivity contribution < 1.29 is 28.7 Å². The van der Waals surface area contributed by atoms with Crippen LogP contribution in [0.25, 0.3) is 0 Å². The number of carbonyl (C=O) groups is 4. The Morgan fingerprint density at radius 2 is 1.42 bits per heavy atom. The topological polar surface area (TPSA) is 135 Å². The molecule has 0 bridgehead atoms. The Balaban J connectivity index is 1.10. The second-order valence-electron chi connectivity index (χ2n) is 15.6. The first-order valence-electron chi connectivity index (χ1n) is 19.3. The van der Waals surface area contributed by atoms with Crippen LogP contribution in [0.3, 0.4) is 0 Å². The molecule has 11 nitrogen and oxygen atoms in total. The number of amides is 4. The predicted octanol–water partition coefficient (Wildman–Crippen LogP) is 8.86. The van der Waals surface area contributed by atoms with Gasteiger partial charge in [0.1, 0.15) is 11.6 Å². The van der Waals surface area contributed by atoms with Crippen LogP contribution in [-0.2, 0) is 24.6 Å². The summed E-state index contributed by atoms with van der Waals surface area (Å²) in [6.07, 6.45) is 2.20. The van der Waals surface area contributed by atoms with Crippen molar-refractivity contribution in [2.75, 3.05) is 29.3 Å². The van der Waals surface area contributed by atoms with Gasteiger partial charge in [-0.15, -0.1) is 0 Å². The zero-order valence-corrected chi connectivity index (χ0v) is 32.8. The molecule has 13 heteroatoms. The number of aromatic hydroxyl groups is 1. The van der Waals surface area contributed by atoms with Crippen LogP contribution in [0.15, 0.2) is 143 Å². The highest BCUT2D eigenvalue weighted by Crippen LogP contribution is 2.65. The molecule has 2 heterocycles. The summed E-state index contributed by atoms with van der Waals surface area (Å²) in [5, 5.41) is 21.6. The zero-order chi connectivity index (χ0) is 41.2. The molecular weight excluding hydrogens is 771 g/mol. The van der Waals surface area contributed by atoms with Crippen molar-refractivity contribution in [1.29, 1.82) is 0 Å². The van der Waals surface area contributed by atoms with Crippen LogP contribution in [-0.4, -0.2) is 47.8 Å². The molecule has 6 atom stereocenters. The lowest BCUT2D eigenvalue weighted by Crippen LogP contribution is -2.53. The Morgan fingerprint density at radius 1 is 0.780 bits per heavy atom. The Labute approximate surface area is 344 Å². The molecule has 1 saturated carbocycles. The highest BCUT2D eigenvalue weighted by Gasteiger charge is 2.70. The summed E-state index contributed by atoms with van der Waals surface area (Å²) >= 11 is 6.37. The van der Waals surface area contributed by atoms with Crippen LogP contribution in [0, 0.1) is 29.5 Å². The maximum absolute atomic E-state index is 15.3. The Morgan fingerprint density at radius 3 is 2.07 bits per heavy atom. The lowest BCUT2D eigenvalue weighted by molar-refractivity contribution is -0.138. The number of halogens is 2. The van der Waals surface area contributed by atoms with Crippen LogP contribution in [0.1, 0.15) is 29.9 Å². The Hall–Kier alpha value is -6.66. The molecule has 0 radical (unpaired) electrons. The van der Waals surface area contributed by atoms with Gasteiger partial charge in [-0.2, -0.15) is 15.2 Å². The number of imide groups is 2. The number of para-hydroxylation sites is 1. The quantitative estimate of drug-likeness (QED) is 0.0909. The highest BCUT2D eigenvalue weighted by atomic mass is 35.5. The number of phenols is 1. The summed E-state index contributed by atoms with van der Waals surface area (Å²) in [7, 11) is 3.91. The van der Waals surface area contributed by atoms with Crippen molar-refractivity contribution in [3.8, 4) is 5.75 Å². The molecule has 2 aliphatic heterocycles. The van der Waals surface area contributed by atoms with Gasteiger partial charge in [-0.3, -0.25) is 29.5 Å².